The van der Waals surface area contributed by atoms with Crippen LogP contribution >= 0.6 is 58.0 Å². The molecule has 0 aromatic carbocycles. The summed E-state index contributed by atoms with van der Waals surface area (Å²) >= 11 is 28.6. The van der Waals surface area contributed by atoms with Gasteiger partial charge in [0.2, 0.25) is 0 Å². The zero-order valence-corrected chi connectivity index (χ0v) is 8.95. The SMILES string of the molecule is ClC1=C(Cl)C(Cl)=C(Cl)[C@@H](Cl)C1. The zero-order valence-electron chi connectivity index (χ0n) is 5.17. The van der Waals surface area contributed by atoms with Crippen LogP contribution < -0.4 is 0 Å². The van der Waals surface area contributed by atoms with Crippen molar-refractivity contribution in [2.24, 2.45) is 0 Å². The van der Waals surface area contributed by atoms with Gasteiger partial charge in [-0.1, -0.05) is 46.4 Å². The van der Waals surface area contributed by atoms with Crippen LogP contribution in [0.1, 0.15) is 6.42 Å². The zero-order chi connectivity index (χ0) is 8.59. The third-order valence-electron chi connectivity index (χ3n) is 1.27. The van der Waals surface area contributed by atoms with E-state index in [9.17, 15) is 0 Å². The van der Waals surface area contributed by atoms with Crippen LogP contribution in [-0.2, 0) is 0 Å². The second kappa shape index (κ2) is 3.76. The molecule has 1 aliphatic carbocycles. The molecule has 0 saturated carbocycles. The molecule has 0 unspecified atom stereocenters. The minimum Gasteiger partial charge on any atom is -0.116 e. The van der Waals surface area contributed by atoms with Crippen LogP contribution in [0, 0.1) is 0 Å². The first-order valence-electron chi connectivity index (χ1n) is 2.77. The summed E-state index contributed by atoms with van der Waals surface area (Å²) in [5, 5.41) is 1.03. The molecule has 0 nitrogen and oxygen atoms in total. The highest BCUT2D eigenvalue weighted by Crippen LogP contribution is 2.40. The van der Waals surface area contributed by atoms with Gasteiger partial charge in [0.05, 0.1) is 20.5 Å². The lowest BCUT2D eigenvalue weighted by molar-refractivity contribution is 0.997. The Kier molecular flexibility index (Phi) is 3.42. The van der Waals surface area contributed by atoms with Gasteiger partial charge in [-0.15, -0.1) is 11.6 Å². The molecule has 0 saturated heterocycles. The van der Waals surface area contributed by atoms with Gasteiger partial charge in [0.25, 0.3) is 0 Å². The first-order chi connectivity index (χ1) is 5.04. The lowest BCUT2D eigenvalue weighted by atomic mass is 10.2. The Balaban J connectivity index is 3.07. The van der Waals surface area contributed by atoms with Gasteiger partial charge >= 0.3 is 0 Å². The Bertz CT molecular complexity index is 239. The van der Waals surface area contributed by atoms with Crippen LogP contribution in [-0.4, -0.2) is 5.38 Å². The maximum atomic E-state index is 5.77. The van der Waals surface area contributed by atoms with E-state index in [0.717, 1.165) is 0 Å². The summed E-state index contributed by atoms with van der Waals surface area (Å²) < 4.78 is 0. The molecule has 0 radical (unpaired) electrons. The van der Waals surface area contributed by atoms with Crippen molar-refractivity contribution in [3.05, 3.63) is 20.1 Å². The fourth-order valence-electron chi connectivity index (χ4n) is 0.698. The molecule has 1 rings (SSSR count). The molecule has 0 aromatic rings. The van der Waals surface area contributed by atoms with Crippen molar-refractivity contribution in [2.45, 2.75) is 11.8 Å². The topological polar surface area (TPSA) is 0 Å². The highest BCUT2D eigenvalue weighted by atomic mass is 35.5. The minimum absolute atomic E-state index is 0.254. The van der Waals surface area contributed by atoms with Crippen LogP contribution in [0.3, 0.4) is 0 Å². The average molecular weight is 252 g/mol. The molecule has 5 heteroatoms. The van der Waals surface area contributed by atoms with Gasteiger partial charge in [0.15, 0.2) is 0 Å². The molecule has 1 aliphatic rings. The fourth-order valence-corrected chi connectivity index (χ4v) is 2.04. The predicted octanol–water partition coefficient (Wildman–Crippen LogP) is 4.38. The largest absolute Gasteiger partial charge is 0.116 e. The molecule has 0 bridgehead atoms. The minimum atomic E-state index is -0.348. The summed E-state index contributed by atoms with van der Waals surface area (Å²) in [5.41, 5.74) is 0. The Morgan fingerprint density at radius 1 is 1.00 bits per heavy atom. The first-order valence-corrected chi connectivity index (χ1v) is 4.72. The van der Waals surface area contributed by atoms with Gasteiger partial charge in [-0.25, -0.2) is 0 Å². The second-order valence-corrected chi connectivity index (χ2v) is 4.20. The molecule has 1 atom stereocenters. The number of rotatable bonds is 0. The highest BCUT2D eigenvalue weighted by molar-refractivity contribution is 6.53. The molecule has 0 N–H and O–H groups in total. The van der Waals surface area contributed by atoms with Gasteiger partial charge in [0, 0.05) is 11.5 Å². The van der Waals surface area contributed by atoms with Crippen molar-refractivity contribution in [3.63, 3.8) is 0 Å². The molecular weight excluding hydrogens is 249 g/mol. The quantitative estimate of drug-likeness (QED) is 0.561. The Labute approximate surface area is 89.7 Å². The molecule has 0 amide bonds. The highest BCUT2D eigenvalue weighted by Gasteiger charge is 2.24. The maximum absolute atomic E-state index is 5.77. The van der Waals surface area contributed by atoms with Crippen molar-refractivity contribution in [1.29, 1.82) is 0 Å². The molecule has 0 fully saturated rings. The Morgan fingerprint density at radius 3 is 2.09 bits per heavy atom. The lowest BCUT2D eigenvalue weighted by Crippen LogP contribution is -2.06. The number of alkyl halides is 1. The molecule has 0 aromatic heterocycles. The summed E-state index contributed by atoms with van der Waals surface area (Å²) in [4.78, 5) is 0. The van der Waals surface area contributed by atoms with Crippen LogP contribution in [0.5, 0.6) is 0 Å². The maximum Gasteiger partial charge on any atom is 0.0764 e. The van der Waals surface area contributed by atoms with Crippen molar-refractivity contribution < 1.29 is 0 Å². The van der Waals surface area contributed by atoms with Gasteiger partial charge in [-0.3, -0.25) is 0 Å². The number of hydrogen-bond acceptors (Lipinski definition) is 0. The number of halogens is 5. The molecule has 0 aliphatic heterocycles. The summed E-state index contributed by atoms with van der Waals surface area (Å²) in [6, 6.07) is 0. The van der Waals surface area contributed by atoms with Crippen molar-refractivity contribution in [2.75, 3.05) is 0 Å². The Morgan fingerprint density at radius 2 is 1.55 bits per heavy atom. The fraction of sp³-hybridized carbons (Fsp3) is 0.333. The molecule has 11 heavy (non-hydrogen) atoms. The molecule has 62 valence electrons. The molecule has 0 heterocycles. The third-order valence-corrected chi connectivity index (χ3v) is 3.65. The van der Waals surface area contributed by atoms with E-state index in [1.165, 1.54) is 0 Å². The van der Waals surface area contributed by atoms with E-state index in [1.54, 1.807) is 0 Å². The van der Waals surface area contributed by atoms with E-state index < -0.39 is 0 Å². The van der Waals surface area contributed by atoms with E-state index in [2.05, 4.69) is 0 Å². The van der Waals surface area contributed by atoms with Crippen LogP contribution in [0.2, 0.25) is 0 Å². The standard InChI is InChI=1S/C6H3Cl5/c7-2-1-3(8)5(10)6(11)4(2)9/h2H,1H2/t2-/m0/s1. The lowest BCUT2D eigenvalue weighted by Gasteiger charge is -2.16. The van der Waals surface area contributed by atoms with E-state index >= 15 is 0 Å². The summed E-state index contributed by atoms with van der Waals surface area (Å²) in [6.45, 7) is 0. The third kappa shape index (κ3) is 1.99. The summed E-state index contributed by atoms with van der Waals surface area (Å²) in [7, 11) is 0. The van der Waals surface area contributed by atoms with Gasteiger partial charge in [-0.05, 0) is 0 Å². The van der Waals surface area contributed by atoms with Crippen LogP contribution in [0.15, 0.2) is 20.1 Å². The van der Waals surface area contributed by atoms with Crippen LogP contribution in [0.4, 0.5) is 0 Å². The van der Waals surface area contributed by atoms with E-state index in [0.29, 0.717) is 21.5 Å². The van der Waals surface area contributed by atoms with Crippen molar-refractivity contribution in [1.82, 2.24) is 0 Å². The normalized spacial score (nSPS) is 26.5. The first kappa shape index (κ1) is 10.0. The van der Waals surface area contributed by atoms with Gasteiger partial charge in [-0.2, -0.15) is 0 Å². The van der Waals surface area contributed by atoms with Crippen molar-refractivity contribution in [3.8, 4) is 0 Å². The smallest absolute Gasteiger partial charge is 0.0764 e. The molecular formula is C6H3Cl5. The van der Waals surface area contributed by atoms with Crippen LogP contribution in [0.25, 0.3) is 0 Å². The van der Waals surface area contributed by atoms with Gasteiger partial charge < -0.3 is 0 Å². The number of allylic oxidation sites excluding steroid dienone is 4. The average Bonchev–Trinajstić information content (AvgIpc) is 1.97. The Hall–Kier alpha value is 0.930. The summed E-state index contributed by atoms with van der Waals surface area (Å²) in [6.07, 6.45) is 0.441. The van der Waals surface area contributed by atoms with E-state index in [-0.39, 0.29) is 10.4 Å². The molecule has 0 spiro atoms. The van der Waals surface area contributed by atoms with Crippen molar-refractivity contribution >= 4 is 58.0 Å². The predicted molar refractivity (Wildman–Crippen MR) is 51.7 cm³/mol. The van der Waals surface area contributed by atoms with E-state index in [4.69, 9.17) is 58.0 Å². The van der Waals surface area contributed by atoms with E-state index in [1.807, 2.05) is 0 Å². The number of hydrogen-bond donors (Lipinski definition) is 0. The van der Waals surface area contributed by atoms with Gasteiger partial charge in [0.1, 0.15) is 0 Å². The second-order valence-electron chi connectivity index (χ2n) is 2.05. The monoisotopic (exact) mass is 250 g/mol. The summed E-state index contributed by atoms with van der Waals surface area (Å²) in [5.74, 6) is 0.